The topological polar surface area (TPSA) is 69.7 Å². The molecule has 0 radical (unpaired) electrons. The van der Waals surface area contributed by atoms with Gasteiger partial charge in [-0.15, -0.1) is 0 Å². The average Bonchev–Trinajstić information content (AvgIpc) is 2.72. The maximum Gasteiger partial charge on any atom is 0.320 e. The predicted octanol–water partition coefficient (Wildman–Crippen LogP) is 5.62. The highest BCUT2D eigenvalue weighted by Crippen LogP contribution is 2.25. The Balaban J connectivity index is 3.15. The van der Waals surface area contributed by atoms with Gasteiger partial charge in [0.1, 0.15) is 5.78 Å². The van der Waals surface area contributed by atoms with E-state index in [9.17, 15) is 14.4 Å². The van der Waals surface area contributed by atoms with Crippen LogP contribution in [0.15, 0.2) is 36.4 Å². The Labute approximate surface area is 187 Å². The first kappa shape index (κ1) is 26.6. The number of carbonyl (C=O) groups excluding carboxylic acids is 3. The smallest absolute Gasteiger partial charge is 0.320 e. The van der Waals surface area contributed by atoms with Gasteiger partial charge in [-0.2, -0.15) is 0 Å². The standard InChI is InChI=1S/C26H38O5/c1-5-7-16-30-25(28)24(26(29)31-17-8-6-2)22(19-23(27)18-20(3)4)15-14-21-12-10-9-11-13-21/h9-15,20,22,24H,5-8,16-19H2,1-4H3. The minimum atomic E-state index is -1.15. The van der Waals surface area contributed by atoms with Crippen LogP contribution in [0.1, 0.15) is 71.8 Å². The number of ether oxygens (including phenoxy) is 2. The van der Waals surface area contributed by atoms with Crippen LogP contribution in [0.5, 0.6) is 0 Å². The minimum absolute atomic E-state index is 0.0189. The zero-order chi connectivity index (χ0) is 23.1. The number of ketones is 1. The highest BCUT2D eigenvalue weighted by Gasteiger charge is 2.37. The Kier molecular flexibility index (Phi) is 13.2. The third-order valence-corrected chi connectivity index (χ3v) is 4.86. The number of unbranched alkanes of at least 4 members (excludes halogenated alkanes) is 2. The van der Waals surface area contributed by atoms with Crippen molar-refractivity contribution in [3.05, 3.63) is 42.0 Å². The van der Waals surface area contributed by atoms with E-state index in [1.165, 1.54) is 0 Å². The fourth-order valence-electron chi connectivity index (χ4n) is 3.16. The molecule has 0 spiro atoms. The van der Waals surface area contributed by atoms with Crippen molar-refractivity contribution in [2.45, 2.75) is 66.2 Å². The molecule has 0 aliphatic carbocycles. The zero-order valence-electron chi connectivity index (χ0n) is 19.5. The van der Waals surface area contributed by atoms with E-state index in [0.29, 0.717) is 6.42 Å². The van der Waals surface area contributed by atoms with Crippen LogP contribution in [0, 0.1) is 17.8 Å². The lowest BCUT2D eigenvalue weighted by molar-refractivity contribution is -0.164. The van der Waals surface area contributed by atoms with Crippen molar-refractivity contribution in [3.8, 4) is 0 Å². The van der Waals surface area contributed by atoms with E-state index in [-0.39, 0.29) is 31.3 Å². The molecule has 0 heterocycles. The lowest BCUT2D eigenvalue weighted by Crippen LogP contribution is -2.35. The summed E-state index contributed by atoms with van der Waals surface area (Å²) in [5.41, 5.74) is 0.932. The number of rotatable bonds is 15. The molecule has 0 saturated heterocycles. The number of hydrogen-bond acceptors (Lipinski definition) is 5. The van der Waals surface area contributed by atoms with E-state index >= 15 is 0 Å². The molecule has 0 amide bonds. The summed E-state index contributed by atoms with van der Waals surface area (Å²) in [5, 5.41) is 0. The second-order valence-corrected chi connectivity index (χ2v) is 8.29. The normalized spacial score (nSPS) is 12.3. The van der Waals surface area contributed by atoms with Crippen molar-refractivity contribution in [1.82, 2.24) is 0 Å². The van der Waals surface area contributed by atoms with Crippen LogP contribution < -0.4 is 0 Å². The first-order chi connectivity index (χ1) is 14.9. The van der Waals surface area contributed by atoms with Crippen LogP contribution in [0.3, 0.4) is 0 Å². The molecule has 1 aromatic carbocycles. The van der Waals surface area contributed by atoms with Crippen LogP contribution in [0.4, 0.5) is 0 Å². The van der Waals surface area contributed by atoms with Gasteiger partial charge in [0.2, 0.25) is 0 Å². The third-order valence-electron chi connectivity index (χ3n) is 4.86. The van der Waals surface area contributed by atoms with Crippen molar-refractivity contribution in [1.29, 1.82) is 0 Å². The lowest BCUT2D eigenvalue weighted by Gasteiger charge is -2.22. The number of carbonyl (C=O) groups is 3. The van der Waals surface area contributed by atoms with Crippen molar-refractivity contribution >= 4 is 23.8 Å². The summed E-state index contributed by atoms with van der Waals surface area (Å²) in [4.78, 5) is 38.4. The van der Waals surface area contributed by atoms with Gasteiger partial charge >= 0.3 is 11.9 Å². The van der Waals surface area contributed by atoms with Gasteiger partial charge in [0.25, 0.3) is 0 Å². The average molecular weight is 431 g/mol. The van der Waals surface area contributed by atoms with E-state index in [4.69, 9.17) is 9.47 Å². The SMILES string of the molecule is CCCCOC(=O)C(C(=O)OCCCC)C(C=Cc1ccccc1)CC(=O)CC(C)C. The van der Waals surface area contributed by atoms with Gasteiger partial charge in [0, 0.05) is 18.8 Å². The first-order valence-corrected chi connectivity index (χ1v) is 11.5. The summed E-state index contributed by atoms with van der Waals surface area (Å²) in [6.45, 7) is 8.46. The quantitative estimate of drug-likeness (QED) is 0.205. The third kappa shape index (κ3) is 11.0. The maximum atomic E-state index is 12.9. The molecule has 0 N–H and O–H groups in total. The van der Waals surface area contributed by atoms with Crippen LogP contribution in [0.25, 0.3) is 6.08 Å². The molecular weight excluding hydrogens is 392 g/mol. The molecule has 172 valence electrons. The van der Waals surface area contributed by atoms with Gasteiger partial charge in [-0.1, -0.05) is 83.0 Å². The number of benzene rings is 1. The van der Waals surface area contributed by atoms with Crippen LogP contribution in [-0.2, 0) is 23.9 Å². The Hall–Kier alpha value is -2.43. The molecular formula is C26H38O5. The zero-order valence-corrected chi connectivity index (χ0v) is 19.5. The Morgan fingerprint density at radius 3 is 1.90 bits per heavy atom. The largest absolute Gasteiger partial charge is 0.465 e. The molecule has 1 rings (SSSR count). The number of allylic oxidation sites excluding steroid dienone is 1. The molecule has 0 aromatic heterocycles. The maximum absolute atomic E-state index is 12.9. The molecule has 0 aliphatic rings. The van der Waals surface area contributed by atoms with E-state index in [1.807, 2.05) is 64.1 Å². The molecule has 1 atom stereocenters. The second kappa shape index (κ2) is 15.4. The first-order valence-electron chi connectivity index (χ1n) is 11.5. The Morgan fingerprint density at radius 2 is 1.42 bits per heavy atom. The Morgan fingerprint density at radius 1 is 0.871 bits per heavy atom. The molecule has 1 unspecified atom stereocenters. The molecule has 5 heteroatoms. The molecule has 0 saturated carbocycles. The van der Waals surface area contributed by atoms with E-state index < -0.39 is 23.8 Å². The second-order valence-electron chi connectivity index (χ2n) is 8.29. The molecule has 1 aromatic rings. The lowest BCUT2D eigenvalue weighted by atomic mass is 9.85. The minimum Gasteiger partial charge on any atom is -0.465 e. The van der Waals surface area contributed by atoms with Crippen molar-refractivity contribution in [2.24, 2.45) is 17.8 Å². The fourth-order valence-corrected chi connectivity index (χ4v) is 3.16. The molecule has 5 nitrogen and oxygen atoms in total. The number of Topliss-reactive ketones (excluding diaryl/α,β-unsaturated/α-hetero) is 1. The summed E-state index contributed by atoms with van der Waals surface area (Å²) in [6, 6.07) is 9.59. The number of esters is 2. The van der Waals surface area contributed by atoms with Crippen molar-refractivity contribution in [3.63, 3.8) is 0 Å². The van der Waals surface area contributed by atoms with Crippen molar-refractivity contribution < 1.29 is 23.9 Å². The van der Waals surface area contributed by atoms with Crippen molar-refractivity contribution in [2.75, 3.05) is 13.2 Å². The fraction of sp³-hybridized carbons (Fsp3) is 0.577. The van der Waals surface area contributed by atoms with Crippen LogP contribution >= 0.6 is 0 Å². The molecule has 0 bridgehead atoms. The Bertz CT molecular complexity index is 671. The molecule has 0 fully saturated rings. The van der Waals surface area contributed by atoms with Gasteiger partial charge in [-0.25, -0.2) is 0 Å². The van der Waals surface area contributed by atoms with Crippen LogP contribution in [-0.4, -0.2) is 30.9 Å². The summed E-state index contributed by atoms with van der Waals surface area (Å²) >= 11 is 0. The van der Waals surface area contributed by atoms with E-state index in [2.05, 4.69) is 0 Å². The van der Waals surface area contributed by atoms with Gasteiger partial charge in [-0.3, -0.25) is 14.4 Å². The van der Waals surface area contributed by atoms with E-state index in [0.717, 1.165) is 31.2 Å². The van der Waals surface area contributed by atoms with Gasteiger partial charge < -0.3 is 9.47 Å². The molecule has 31 heavy (non-hydrogen) atoms. The highest BCUT2D eigenvalue weighted by molar-refractivity contribution is 5.96. The molecule has 0 aliphatic heterocycles. The van der Waals surface area contributed by atoms with Gasteiger partial charge in [0.15, 0.2) is 5.92 Å². The monoisotopic (exact) mass is 430 g/mol. The van der Waals surface area contributed by atoms with E-state index in [1.54, 1.807) is 6.08 Å². The van der Waals surface area contributed by atoms with Crippen LogP contribution in [0.2, 0.25) is 0 Å². The number of hydrogen-bond donors (Lipinski definition) is 0. The summed E-state index contributed by atoms with van der Waals surface area (Å²) in [7, 11) is 0. The summed E-state index contributed by atoms with van der Waals surface area (Å²) < 4.78 is 10.8. The predicted molar refractivity (Wildman–Crippen MR) is 123 cm³/mol. The summed E-state index contributed by atoms with van der Waals surface area (Å²) in [5.74, 6) is -2.77. The highest BCUT2D eigenvalue weighted by atomic mass is 16.6. The van der Waals surface area contributed by atoms with Gasteiger partial charge in [-0.05, 0) is 24.3 Å². The summed E-state index contributed by atoms with van der Waals surface area (Å²) in [6.07, 6.45) is 7.32. The van der Waals surface area contributed by atoms with Gasteiger partial charge in [0.05, 0.1) is 13.2 Å².